The van der Waals surface area contributed by atoms with E-state index in [-0.39, 0.29) is 0 Å². The minimum absolute atomic E-state index is 0.339. The van der Waals surface area contributed by atoms with Crippen molar-refractivity contribution in [3.63, 3.8) is 0 Å². The molecule has 0 aromatic carbocycles. The minimum Gasteiger partial charge on any atom is -0.389 e. The van der Waals surface area contributed by atoms with E-state index in [1.165, 1.54) is 6.42 Å². The molecule has 2 atom stereocenters. The van der Waals surface area contributed by atoms with Crippen LogP contribution in [0.1, 0.15) is 51.1 Å². The van der Waals surface area contributed by atoms with E-state index in [9.17, 15) is 5.11 Å². The van der Waals surface area contributed by atoms with Crippen molar-refractivity contribution in [1.29, 1.82) is 0 Å². The number of nitrogens with zero attached hydrogens (tertiary/aromatic N) is 5. The SMILES string of the molecule is CCCn1cc(-c2ccnc(N3CC[C@@]4(O)CCCC[C@H]4C3)n2)c(C)n1. The van der Waals surface area contributed by atoms with Gasteiger partial charge in [-0.2, -0.15) is 5.10 Å². The maximum atomic E-state index is 10.9. The normalized spacial score (nSPS) is 26.0. The van der Waals surface area contributed by atoms with Crippen LogP contribution in [0.15, 0.2) is 18.5 Å². The van der Waals surface area contributed by atoms with Gasteiger partial charge in [-0.25, -0.2) is 9.97 Å². The van der Waals surface area contributed by atoms with Gasteiger partial charge < -0.3 is 10.0 Å². The van der Waals surface area contributed by atoms with Crippen molar-refractivity contribution < 1.29 is 5.11 Å². The van der Waals surface area contributed by atoms with Gasteiger partial charge in [0.15, 0.2) is 0 Å². The second-order valence-electron chi connectivity index (χ2n) is 7.88. The Morgan fingerprint density at radius 3 is 3.04 bits per heavy atom. The van der Waals surface area contributed by atoms with Crippen molar-refractivity contribution in [1.82, 2.24) is 19.7 Å². The van der Waals surface area contributed by atoms with E-state index in [1.807, 2.05) is 23.9 Å². The van der Waals surface area contributed by atoms with Gasteiger partial charge in [0, 0.05) is 43.5 Å². The predicted octanol–water partition coefficient (Wildman–Crippen LogP) is 3.19. The lowest BCUT2D eigenvalue weighted by Crippen LogP contribution is -2.53. The van der Waals surface area contributed by atoms with E-state index in [1.54, 1.807) is 0 Å². The summed E-state index contributed by atoms with van der Waals surface area (Å²) in [5, 5.41) is 15.5. The molecule has 26 heavy (non-hydrogen) atoms. The smallest absolute Gasteiger partial charge is 0.225 e. The van der Waals surface area contributed by atoms with Gasteiger partial charge in [0.1, 0.15) is 0 Å². The number of piperidine rings is 1. The Kier molecular flexibility index (Phi) is 4.69. The number of aliphatic hydroxyl groups is 1. The van der Waals surface area contributed by atoms with E-state index in [0.29, 0.717) is 5.92 Å². The highest BCUT2D eigenvalue weighted by Gasteiger charge is 2.43. The Hall–Kier alpha value is -1.95. The van der Waals surface area contributed by atoms with Gasteiger partial charge in [0.05, 0.1) is 17.0 Å². The Morgan fingerprint density at radius 1 is 1.31 bits per heavy atom. The van der Waals surface area contributed by atoms with E-state index >= 15 is 0 Å². The van der Waals surface area contributed by atoms with E-state index in [0.717, 1.165) is 74.6 Å². The third-order valence-electron chi connectivity index (χ3n) is 6.03. The molecule has 1 aliphatic heterocycles. The largest absolute Gasteiger partial charge is 0.389 e. The quantitative estimate of drug-likeness (QED) is 0.912. The van der Waals surface area contributed by atoms with Crippen LogP contribution >= 0.6 is 0 Å². The summed E-state index contributed by atoms with van der Waals surface area (Å²) in [6, 6.07) is 1.96. The number of hydrogen-bond donors (Lipinski definition) is 1. The molecule has 1 saturated carbocycles. The highest BCUT2D eigenvalue weighted by atomic mass is 16.3. The molecule has 2 aromatic rings. The van der Waals surface area contributed by atoms with Crippen molar-refractivity contribution in [3.05, 3.63) is 24.2 Å². The summed E-state index contributed by atoms with van der Waals surface area (Å²) in [6.07, 6.45) is 10.2. The monoisotopic (exact) mass is 355 g/mol. The molecule has 3 heterocycles. The van der Waals surface area contributed by atoms with Gasteiger partial charge in [-0.05, 0) is 38.7 Å². The maximum absolute atomic E-state index is 10.9. The molecule has 1 aliphatic carbocycles. The lowest BCUT2D eigenvalue weighted by Gasteiger charge is -2.47. The molecule has 0 spiro atoms. The van der Waals surface area contributed by atoms with Gasteiger partial charge in [-0.15, -0.1) is 0 Å². The molecule has 0 bridgehead atoms. The molecule has 2 aromatic heterocycles. The molecule has 1 N–H and O–H groups in total. The molecule has 4 rings (SSSR count). The van der Waals surface area contributed by atoms with Crippen LogP contribution in [0.2, 0.25) is 0 Å². The summed E-state index contributed by atoms with van der Waals surface area (Å²) < 4.78 is 2.00. The van der Waals surface area contributed by atoms with Crippen LogP contribution in [0.4, 0.5) is 5.95 Å². The molecule has 140 valence electrons. The second kappa shape index (κ2) is 6.99. The third-order valence-corrected chi connectivity index (χ3v) is 6.03. The number of hydrogen-bond acceptors (Lipinski definition) is 5. The highest BCUT2D eigenvalue weighted by molar-refractivity contribution is 5.62. The second-order valence-corrected chi connectivity index (χ2v) is 7.88. The number of aryl methyl sites for hydroxylation is 2. The Morgan fingerprint density at radius 2 is 2.19 bits per heavy atom. The average molecular weight is 355 g/mol. The summed E-state index contributed by atoms with van der Waals surface area (Å²) in [5.74, 6) is 1.11. The molecular formula is C20H29N5O. The van der Waals surface area contributed by atoms with Crippen LogP contribution < -0.4 is 4.90 Å². The zero-order valence-electron chi connectivity index (χ0n) is 15.9. The van der Waals surface area contributed by atoms with Crippen LogP contribution in [-0.2, 0) is 6.54 Å². The van der Waals surface area contributed by atoms with Crippen LogP contribution in [0.5, 0.6) is 0 Å². The zero-order valence-corrected chi connectivity index (χ0v) is 15.9. The zero-order chi connectivity index (χ0) is 18.1. The van der Waals surface area contributed by atoms with Gasteiger partial charge in [-0.3, -0.25) is 4.68 Å². The Labute approximate surface area is 155 Å². The third kappa shape index (κ3) is 3.22. The molecule has 6 nitrogen and oxygen atoms in total. The van der Waals surface area contributed by atoms with E-state index in [4.69, 9.17) is 4.98 Å². The van der Waals surface area contributed by atoms with E-state index in [2.05, 4.69) is 28.1 Å². The maximum Gasteiger partial charge on any atom is 0.225 e. The number of fused-ring (bicyclic) bond motifs is 1. The Balaban J connectivity index is 1.56. The molecular weight excluding hydrogens is 326 g/mol. The minimum atomic E-state index is -0.468. The molecule has 1 saturated heterocycles. The van der Waals surface area contributed by atoms with Crippen molar-refractivity contribution in [2.24, 2.45) is 5.92 Å². The van der Waals surface area contributed by atoms with E-state index < -0.39 is 5.60 Å². The van der Waals surface area contributed by atoms with Crippen LogP contribution in [0, 0.1) is 12.8 Å². The van der Waals surface area contributed by atoms with Crippen molar-refractivity contribution in [2.45, 2.75) is 64.5 Å². The first kappa shape index (κ1) is 17.5. The fourth-order valence-electron chi connectivity index (χ4n) is 4.52. The Bertz CT molecular complexity index is 773. The first-order valence-corrected chi connectivity index (χ1v) is 9.94. The lowest BCUT2D eigenvalue weighted by atomic mass is 9.71. The fourth-order valence-corrected chi connectivity index (χ4v) is 4.52. The highest BCUT2D eigenvalue weighted by Crippen LogP contribution is 2.40. The molecule has 2 fully saturated rings. The first-order valence-electron chi connectivity index (χ1n) is 9.94. The lowest BCUT2D eigenvalue weighted by molar-refractivity contribution is -0.0614. The predicted molar refractivity (Wildman–Crippen MR) is 102 cm³/mol. The molecule has 0 amide bonds. The first-order chi connectivity index (χ1) is 12.6. The van der Waals surface area contributed by atoms with Gasteiger partial charge in [0.25, 0.3) is 0 Å². The van der Waals surface area contributed by atoms with Crippen molar-refractivity contribution in [2.75, 3.05) is 18.0 Å². The van der Waals surface area contributed by atoms with Crippen LogP contribution in [0.25, 0.3) is 11.3 Å². The van der Waals surface area contributed by atoms with Crippen molar-refractivity contribution >= 4 is 5.95 Å². The topological polar surface area (TPSA) is 67.1 Å². The van der Waals surface area contributed by atoms with Crippen LogP contribution in [-0.4, -0.2) is 43.5 Å². The summed E-state index contributed by atoms with van der Waals surface area (Å²) in [4.78, 5) is 11.6. The number of rotatable bonds is 4. The molecule has 6 heteroatoms. The summed E-state index contributed by atoms with van der Waals surface area (Å²) in [5.41, 5.74) is 2.54. The van der Waals surface area contributed by atoms with Crippen molar-refractivity contribution in [3.8, 4) is 11.3 Å². The molecule has 2 aliphatic rings. The van der Waals surface area contributed by atoms with Crippen LogP contribution in [0.3, 0.4) is 0 Å². The van der Waals surface area contributed by atoms with Gasteiger partial charge in [0.2, 0.25) is 5.95 Å². The molecule has 0 unspecified atom stereocenters. The summed E-state index contributed by atoms with van der Waals surface area (Å²) >= 11 is 0. The number of aromatic nitrogens is 4. The van der Waals surface area contributed by atoms with Gasteiger partial charge >= 0.3 is 0 Å². The fraction of sp³-hybridized carbons (Fsp3) is 0.650. The average Bonchev–Trinajstić information content (AvgIpc) is 3.02. The van der Waals surface area contributed by atoms with Gasteiger partial charge in [-0.1, -0.05) is 19.8 Å². The molecule has 0 radical (unpaired) electrons. The number of anilines is 1. The standard InChI is InChI=1S/C20H29N5O/c1-3-11-25-14-17(15(2)23-25)18-7-10-21-19(22-18)24-12-9-20(26)8-5-4-6-16(20)13-24/h7,10,14,16,26H,3-6,8-9,11-13H2,1-2H3/t16-,20-/m0/s1. The summed E-state index contributed by atoms with van der Waals surface area (Å²) in [7, 11) is 0. The summed E-state index contributed by atoms with van der Waals surface area (Å²) in [6.45, 7) is 6.79.